The van der Waals surface area contributed by atoms with E-state index in [-0.39, 0.29) is 22.8 Å². The maximum atomic E-state index is 12.7. The zero-order valence-corrected chi connectivity index (χ0v) is 15.4. The quantitative estimate of drug-likeness (QED) is 0.354. The fourth-order valence-corrected chi connectivity index (χ4v) is 3.67. The molecule has 0 atom stereocenters. The number of non-ortho nitro benzene ring substituents is 1. The summed E-state index contributed by atoms with van der Waals surface area (Å²) < 4.78 is 0. The summed E-state index contributed by atoms with van der Waals surface area (Å²) in [6.07, 6.45) is 1.51. The molecule has 0 radical (unpaired) electrons. The van der Waals surface area contributed by atoms with Crippen LogP contribution in [0.1, 0.15) is 26.3 Å². The molecular formula is C21H19N3O4. The van der Waals surface area contributed by atoms with Crippen LogP contribution in [0.25, 0.3) is 6.08 Å². The molecule has 28 heavy (non-hydrogen) atoms. The van der Waals surface area contributed by atoms with E-state index in [1.165, 1.54) is 18.2 Å². The molecule has 1 fully saturated rings. The van der Waals surface area contributed by atoms with Crippen molar-refractivity contribution < 1.29 is 14.5 Å². The molecular weight excluding hydrogens is 358 g/mol. The van der Waals surface area contributed by atoms with Crippen molar-refractivity contribution in [3.63, 3.8) is 0 Å². The Balaban J connectivity index is 1.79. The van der Waals surface area contributed by atoms with Gasteiger partial charge in [0.15, 0.2) is 11.6 Å². The van der Waals surface area contributed by atoms with Gasteiger partial charge in [-0.3, -0.25) is 19.7 Å². The number of allylic oxidation sites excluding steroid dienone is 1. The number of hydrogen-bond donors (Lipinski definition) is 0. The number of fused-ring (bicyclic) bond motifs is 1. The highest BCUT2D eigenvalue weighted by molar-refractivity contribution is 6.41. The highest BCUT2D eigenvalue weighted by Crippen LogP contribution is 2.32. The number of nitrogens with zero attached hydrogens (tertiary/aromatic N) is 3. The Bertz CT molecular complexity index is 983. The zero-order valence-electron chi connectivity index (χ0n) is 15.4. The van der Waals surface area contributed by atoms with Crippen molar-refractivity contribution in [1.82, 2.24) is 4.90 Å². The van der Waals surface area contributed by atoms with Crippen LogP contribution in [0.2, 0.25) is 0 Å². The van der Waals surface area contributed by atoms with E-state index in [9.17, 15) is 19.7 Å². The van der Waals surface area contributed by atoms with Crippen LogP contribution < -0.4 is 4.90 Å². The van der Waals surface area contributed by atoms with Crippen molar-refractivity contribution in [1.29, 1.82) is 0 Å². The van der Waals surface area contributed by atoms with E-state index in [1.807, 2.05) is 7.05 Å². The van der Waals surface area contributed by atoms with Crippen molar-refractivity contribution in [3.05, 3.63) is 74.8 Å². The molecule has 1 aliphatic heterocycles. The summed E-state index contributed by atoms with van der Waals surface area (Å²) in [5.74, 6) is -0.673. The first-order chi connectivity index (χ1) is 13.5. The van der Waals surface area contributed by atoms with Crippen molar-refractivity contribution in [3.8, 4) is 0 Å². The second kappa shape index (κ2) is 7.01. The van der Waals surface area contributed by atoms with Crippen LogP contribution in [0.3, 0.4) is 0 Å². The predicted octanol–water partition coefficient (Wildman–Crippen LogP) is 2.81. The van der Waals surface area contributed by atoms with E-state index in [1.54, 1.807) is 30.3 Å². The summed E-state index contributed by atoms with van der Waals surface area (Å²) in [6, 6.07) is 11.3. The number of likely N-dealkylation sites (N-methyl/N-ethyl adjacent to an activating group) is 1. The molecule has 7 heteroatoms. The number of rotatable bonds is 3. The van der Waals surface area contributed by atoms with Gasteiger partial charge in [0.2, 0.25) is 0 Å². The highest BCUT2D eigenvalue weighted by Gasteiger charge is 2.33. The fraction of sp³-hybridized carbons (Fsp3) is 0.238. The van der Waals surface area contributed by atoms with E-state index in [0.717, 1.165) is 31.9 Å². The van der Waals surface area contributed by atoms with Gasteiger partial charge in [-0.25, -0.2) is 0 Å². The van der Waals surface area contributed by atoms with Gasteiger partial charge in [0, 0.05) is 60.7 Å². The third-order valence-electron chi connectivity index (χ3n) is 5.27. The van der Waals surface area contributed by atoms with Crippen molar-refractivity contribution in [2.75, 3.05) is 38.1 Å². The topological polar surface area (TPSA) is 83.8 Å². The van der Waals surface area contributed by atoms with Crippen LogP contribution in [0, 0.1) is 10.1 Å². The molecule has 1 aliphatic carbocycles. The van der Waals surface area contributed by atoms with Gasteiger partial charge in [0.05, 0.1) is 10.5 Å². The summed E-state index contributed by atoms with van der Waals surface area (Å²) in [6.45, 7) is 3.28. The second-order valence-corrected chi connectivity index (χ2v) is 7.05. The van der Waals surface area contributed by atoms with Crippen LogP contribution in [-0.4, -0.2) is 54.6 Å². The van der Waals surface area contributed by atoms with Crippen LogP contribution in [0.4, 0.5) is 11.4 Å². The lowest BCUT2D eigenvalue weighted by atomic mass is 10.0. The monoisotopic (exact) mass is 377 g/mol. The summed E-state index contributed by atoms with van der Waals surface area (Å²) in [5, 5.41) is 11.3. The maximum absolute atomic E-state index is 12.7. The Morgan fingerprint density at radius 1 is 0.964 bits per heavy atom. The minimum atomic E-state index is -0.469. The molecule has 0 unspecified atom stereocenters. The second-order valence-electron chi connectivity index (χ2n) is 7.05. The number of nitro groups is 1. The zero-order chi connectivity index (χ0) is 19.8. The van der Waals surface area contributed by atoms with Gasteiger partial charge in [0.1, 0.15) is 0 Å². The number of Topliss-reactive ketones (excluding diaryl/α,β-unsaturated/α-hetero) is 2. The smallest absolute Gasteiger partial charge is 0.270 e. The molecule has 1 heterocycles. The molecule has 142 valence electrons. The lowest BCUT2D eigenvalue weighted by Crippen LogP contribution is -2.44. The van der Waals surface area contributed by atoms with E-state index in [4.69, 9.17) is 0 Å². The first kappa shape index (κ1) is 18.1. The van der Waals surface area contributed by atoms with E-state index in [2.05, 4.69) is 9.80 Å². The number of benzene rings is 2. The van der Waals surface area contributed by atoms with Crippen molar-refractivity contribution in [2.24, 2.45) is 0 Å². The molecule has 7 nitrogen and oxygen atoms in total. The van der Waals surface area contributed by atoms with Crippen LogP contribution in [-0.2, 0) is 0 Å². The summed E-state index contributed by atoms with van der Waals surface area (Å²) in [5.41, 5.74) is 2.05. The molecule has 1 saturated heterocycles. The number of carbonyl (C=O) groups excluding carboxylic acids is 2. The minimum Gasteiger partial charge on any atom is -0.368 e. The van der Waals surface area contributed by atoms with Gasteiger partial charge >= 0.3 is 0 Å². The molecule has 0 aromatic heterocycles. The standard InChI is InChI=1S/C21H19N3O4/c1-22-8-10-23(11-9-22)19-7-6-15(24(27)28)12-14(19)13-18-20(25)16-4-2-3-5-17(16)21(18)26/h2-7,12-13H,8-11H2,1H3. The highest BCUT2D eigenvalue weighted by atomic mass is 16.6. The summed E-state index contributed by atoms with van der Waals surface area (Å²) in [7, 11) is 2.04. The average molecular weight is 377 g/mol. The normalized spacial score (nSPS) is 17.0. The van der Waals surface area contributed by atoms with Gasteiger partial charge in [-0.05, 0) is 19.2 Å². The molecule has 2 aromatic rings. The molecule has 0 N–H and O–H groups in total. The third kappa shape index (κ3) is 3.10. The Morgan fingerprint density at radius 3 is 2.14 bits per heavy atom. The van der Waals surface area contributed by atoms with Gasteiger partial charge in [-0.2, -0.15) is 0 Å². The van der Waals surface area contributed by atoms with Crippen molar-refractivity contribution in [2.45, 2.75) is 0 Å². The number of piperazine rings is 1. The Kier molecular flexibility index (Phi) is 4.52. The molecule has 0 bridgehead atoms. The van der Waals surface area contributed by atoms with Crippen molar-refractivity contribution >= 4 is 29.0 Å². The average Bonchev–Trinajstić information content (AvgIpc) is 2.94. The number of ketones is 2. The predicted molar refractivity (Wildman–Crippen MR) is 106 cm³/mol. The van der Waals surface area contributed by atoms with Crippen LogP contribution in [0.15, 0.2) is 48.0 Å². The number of anilines is 1. The van der Waals surface area contributed by atoms with Gasteiger partial charge in [0.25, 0.3) is 5.69 Å². The van der Waals surface area contributed by atoms with E-state index in [0.29, 0.717) is 16.7 Å². The first-order valence-electron chi connectivity index (χ1n) is 9.08. The van der Waals surface area contributed by atoms with E-state index < -0.39 is 4.92 Å². The lowest BCUT2D eigenvalue weighted by Gasteiger charge is -2.34. The summed E-state index contributed by atoms with van der Waals surface area (Å²) in [4.78, 5) is 40.6. The molecule has 0 spiro atoms. The Labute approximate surface area is 162 Å². The summed E-state index contributed by atoms with van der Waals surface area (Å²) >= 11 is 0. The first-order valence-corrected chi connectivity index (χ1v) is 9.08. The largest absolute Gasteiger partial charge is 0.368 e. The Hall–Kier alpha value is -3.32. The van der Waals surface area contributed by atoms with Crippen LogP contribution >= 0.6 is 0 Å². The number of nitro benzene ring substituents is 1. The SMILES string of the molecule is CN1CCN(c2ccc([N+](=O)[O-])cc2C=C2C(=O)c3ccccc3C2=O)CC1. The Morgan fingerprint density at radius 2 is 1.57 bits per heavy atom. The van der Waals surface area contributed by atoms with E-state index >= 15 is 0 Å². The fourth-order valence-electron chi connectivity index (χ4n) is 3.67. The lowest BCUT2D eigenvalue weighted by molar-refractivity contribution is -0.384. The third-order valence-corrected chi connectivity index (χ3v) is 5.27. The number of hydrogen-bond acceptors (Lipinski definition) is 6. The molecule has 4 rings (SSSR count). The molecule has 0 saturated carbocycles. The maximum Gasteiger partial charge on any atom is 0.270 e. The molecule has 2 aromatic carbocycles. The molecule has 0 amide bonds. The van der Waals surface area contributed by atoms with Gasteiger partial charge in [-0.1, -0.05) is 24.3 Å². The van der Waals surface area contributed by atoms with Gasteiger partial charge in [-0.15, -0.1) is 0 Å². The number of carbonyl (C=O) groups is 2. The molecule has 2 aliphatic rings. The minimum absolute atomic E-state index is 0.0528. The van der Waals surface area contributed by atoms with Crippen LogP contribution in [0.5, 0.6) is 0 Å². The van der Waals surface area contributed by atoms with Gasteiger partial charge < -0.3 is 9.80 Å².